The van der Waals surface area contributed by atoms with Crippen molar-refractivity contribution in [3.8, 4) is 0 Å². The van der Waals surface area contributed by atoms with Gasteiger partial charge >= 0.3 is 0 Å². The van der Waals surface area contributed by atoms with E-state index in [1.54, 1.807) is 0 Å². The molecule has 2 aromatic rings. The van der Waals surface area contributed by atoms with Crippen LogP contribution in [0.4, 0.5) is 5.82 Å². The Labute approximate surface area is 154 Å². The monoisotopic (exact) mass is 356 g/mol. The molecule has 2 saturated heterocycles. The Kier molecular flexibility index (Phi) is 5.15. The lowest BCUT2D eigenvalue weighted by Gasteiger charge is -2.32. The van der Waals surface area contributed by atoms with Gasteiger partial charge in [0.05, 0.1) is 12.2 Å². The molecule has 1 unspecified atom stereocenters. The fourth-order valence-electron chi connectivity index (χ4n) is 4.02. The number of hydrogen-bond acceptors (Lipinski definition) is 7. The third kappa shape index (κ3) is 3.87. The summed E-state index contributed by atoms with van der Waals surface area (Å²) in [7, 11) is 0. The van der Waals surface area contributed by atoms with E-state index in [1.165, 1.54) is 31.4 Å². The van der Waals surface area contributed by atoms with Crippen LogP contribution in [-0.2, 0) is 13.0 Å². The summed E-state index contributed by atoms with van der Waals surface area (Å²) < 4.78 is 5.69. The molecule has 7 nitrogen and oxygen atoms in total. The summed E-state index contributed by atoms with van der Waals surface area (Å²) in [6, 6.07) is 2.22. The maximum Gasteiger partial charge on any atom is 0.230 e. The number of aromatic nitrogens is 4. The molecule has 140 valence electrons. The van der Waals surface area contributed by atoms with Crippen LogP contribution < -0.4 is 4.90 Å². The average molecular weight is 356 g/mol. The van der Waals surface area contributed by atoms with Crippen molar-refractivity contribution < 1.29 is 4.42 Å². The summed E-state index contributed by atoms with van der Waals surface area (Å²) in [5.41, 5.74) is 1.18. The molecule has 4 rings (SSSR count). The Morgan fingerprint density at radius 1 is 1.08 bits per heavy atom. The van der Waals surface area contributed by atoms with Gasteiger partial charge in [0, 0.05) is 38.0 Å². The molecule has 0 N–H and O–H groups in total. The fraction of sp³-hybridized carbons (Fsp3) is 0.684. The molecule has 1 atom stereocenters. The molecule has 2 aromatic heterocycles. The van der Waals surface area contributed by atoms with Gasteiger partial charge in [-0.3, -0.25) is 4.90 Å². The Balaban J connectivity index is 1.46. The Hall–Kier alpha value is -2.02. The van der Waals surface area contributed by atoms with Crippen LogP contribution in [0.3, 0.4) is 0 Å². The van der Waals surface area contributed by atoms with E-state index in [0.29, 0.717) is 5.92 Å². The standard InChI is InChI=1S/C19H28N6O/c1-3-18-22-23-19(26-18)13-24-8-6-7-15(12-24)16-11-17(21-14(2)20-16)25-9-4-5-10-25/h11,15H,3-10,12-13H2,1-2H3. The van der Waals surface area contributed by atoms with Gasteiger partial charge in [-0.2, -0.15) is 0 Å². The van der Waals surface area contributed by atoms with Crippen molar-refractivity contribution in [3.05, 3.63) is 29.4 Å². The predicted molar refractivity (Wildman–Crippen MR) is 99.1 cm³/mol. The largest absolute Gasteiger partial charge is 0.424 e. The van der Waals surface area contributed by atoms with E-state index in [-0.39, 0.29) is 0 Å². The Bertz CT molecular complexity index is 739. The van der Waals surface area contributed by atoms with E-state index in [1.807, 2.05) is 13.8 Å². The van der Waals surface area contributed by atoms with Gasteiger partial charge in [0.25, 0.3) is 0 Å². The summed E-state index contributed by atoms with van der Waals surface area (Å²) in [5.74, 6) is 3.87. The summed E-state index contributed by atoms with van der Waals surface area (Å²) >= 11 is 0. The molecule has 2 aliphatic heterocycles. The first-order valence-corrected chi connectivity index (χ1v) is 9.85. The van der Waals surface area contributed by atoms with Crippen molar-refractivity contribution in [1.82, 2.24) is 25.1 Å². The van der Waals surface area contributed by atoms with Crippen LogP contribution in [-0.4, -0.2) is 51.2 Å². The van der Waals surface area contributed by atoms with Gasteiger partial charge in [-0.05, 0) is 39.2 Å². The normalized spacial score (nSPS) is 21.5. The molecule has 0 bridgehead atoms. The van der Waals surface area contributed by atoms with Crippen LogP contribution in [0.15, 0.2) is 10.5 Å². The van der Waals surface area contributed by atoms with Gasteiger partial charge < -0.3 is 9.32 Å². The number of piperidine rings is 1. The van der Waals surface area contributed by atoms with E-state index in [9.17, 15) is 0 Å². The number of anilines is 1. The van der Waals surface area contributed by atoms with E-state index >= 15 is 0 Å². The highest BCUT2D eigenvalue weighted by atomic mass is 16.4. The minimum absolute atomic E-state index is 0.445. The summed E-state index contributed by atoms with van der Waals surface area (Å²) in [4.78, 5) is 14.3. The van der Waals surface area contributed by atoms with Gasteiger partial charge in [0.1, 0.15) is 11.6 Å². The number of nitrogens with zero attached hydrogens (tertiary/aromatic N) is 6. The van der Waals surface area contributed by atoms with Crippen LogP contribution in [0.1, 0.15) is 61.8 Å². The van der Waals surface area contributed by atoms with E-state index in [4.69, 9.17) is 9.40 Å². The summed E-state index contributed by atoms with van der Waals surface area (Å²) in [6.45, 7) is 9.06. The molecule has 0 amide bonds. The van der Waals surface area contributed by atoms with Crippen LogP contribution in [0.5, 0.6) is 0 Å². The predicted octanol–water partition coefficient (Wildman–Crippen LogP) is 2.71. The molecule has 0 radical (unpaired) electrons. The third-order valence-electron chi connectivity index (χ3n) is 5.37. The Morgan fingerprint density at radius 3 is 2.65 bits per heavy atom. The first-order chi connectivity index (χ1) is 12.7. The van der Waals surface area contributed by atoms with Gasteiger partial charge in [-0.15, -0.1) is 10.2 Å². The van der Waals surface area contributed by atoms with Crippen molar-refractivity contribution in [2.45, 2.75) is 58.4 Å². The minimum atomic E-state index is 0.445. The molecular formula is C19H28N6O. The number of rotatable bonds is 5. The van der Waals surface area contributed by atoms with Gasteiger partial charge in [0.15, 0.2) is 0 Å². The maximum absolute atomic E-state index is 5.69. The molecular weight excluding hydrogens is 328 g/mol. The molecule has 0 aliphatic carbocycles. The highest BCUT2D eigenvalue weighted by Gasteiger charge is 2.25. The molecule has 0 aromatic carbocycles. The zero-order valence-electron chi connectivity index (χ0n) is 15.8. The van der Waals surface area contributed by atoms with E-state index < -0.39 is 0 Å². The van der Waals surface area contributed by atoms with Crippen LogP contribution in [0, 0.1) is 6.92 Å². The van der Waals surface area contributed by atoms with Crippen LogP contribution in [0.2, 0.25) is 0 Å². The van der Waals surface area contributed by atoms with E-state index in [0.717, 1.165) is 62.6 Å². The molecule has 0 spiro atoms. The molecule has 26 heavy (non-hydrogen) atoms. The molecule has 2 aliphatic rings. The van der Waals surface area contributed by atoms with Crippen molar-refractivity contribution in [1.29, 1.82) is 0 Å². The van der Waals surface area contributed by atoms with Gasteiger partial charge in [0.2, 0.25) is 11.8 Å². The van der Waals surface area contributed by atoms with Crippen molar-refractivity contribution in [3.63, 3.8) is 0 Å². The summed E-state index contributed by atoms with van der Waals surface area (Å²) in [6.07, 6.45) is 5.66. The smallest absolute Gasteiger partial charge is 0.230 e. The molecule has 7 heteroatoms. The van der Waals surface area contributed by atoms with Gasteiger partial charge in [-0.1, -0.05) is 6.92 Å². The van der Waals surface area contributed by atoms with Crippen molar-refractivity contribution in [2.75, 3.05) is 31.1 Å². The molecule has 0 saturated carbocycles. The quantitative estimate of drug-likeness (QED) is 0.815. The molecule has 2 fully saturated rings. The summed E-state index contributed by atoms with van der Waals surface area (Å²) in [5, 5.41) is 8.24. The van der Waals surface area contributed by atoms with Gasteiger partial charge in [-0.25, -0.2) is 9.97 Å². The van der Waals surface area contributed by atoms with E-state index in [2.05, 4.69) is 31.0 Å². The fourth-order valence-corrected chi connectivity index (χ4v) is 4.02. The second-order valence-corrected chi connectivity index (χ2v) is 7.41. The minimum Gasteiger partial charge on any atom is -0.424 e. The highest BCUT2D eigenvalue weighted by molar-refractivity contribution is 5.41. The first-order valence-electron chi connectivity index (χ1n) is 9.85. The van der Waals surface area contributed by atoms with Crippen molar-refractivity contribution in [2.24, 2.45) is 0 Å². The number of hydrogen-bond donors (Lipinski definition) is 0. The average Bonchev–Trinajstić information content (AvgIpc) is 3.33. The third-order valence-corrected chi connectivity index (χ3v) is 5.37. The van der Waals surface area contributed by atoms with Crippen LogP contribution >= 0.6 is 0 Å². The zero-order valence-corrected chi connectivity index (χ0v) is 15.8. The topological polar surface area (TPSA) is 71.2 Å². The second kappa shape index (κ2) is 7.70. The Morgan fingerprint density at radius 2 is 1.88 bits per heavy atom. The number of likely N-dealkylation sites (tertiary alicyclic amines) is 1. The lowest BCUT2D eigenvalue weighted by atomic mass is 9.94. The zero-order chi connectivity index (χ0) is 17.9. The number of aryl methyl sites for hydroxylation is 2. The molecule has 4 heterocycles. The second-order valence-electron chi connectivity index (χ2n) is 7.41. The lowest BCUT2D eigenvalue weighted by Crippen LogP contribution is -2.34. The highest BCUT2D eigenvalue weighted by Crippen LogP contribution is 2.29. The lowest BCUT2D eigenvalue weighted by molar-refractivity contribution is 0.181. The SMILES string of the molecule is CCc1nnc(CN2CCCC(c3cc(N4CCCC4)nc(C)n3)C2)o1. The van der Waals surface area contributed by atoms with Crippen molar-refractivity contribution >= 4 is 5.82 Å². The first kappa shape index (κ1) is 17.4. The maximum atomic E-state index is 5.69. The van der Waals surface area contributed by atoms with Crippen LogP contribution in [0.25, 0.3) is 0 Å².